The highest BCUT2D eigenvalue weighted by atomic mass is 16.5. The molecule has 0 amide bonds. The first-order valence-electron chi connectivity index (χ1n) is 4.62. The van der Waals surface area contributed by atoms with Gasteiger partial charge in [0.05, 0.1) is 31.0 Å². The van der Waals surface area contributed by atoms with Crippen molar-refractivity contribution in [3.63, 3.8) is 0 Å². The van der Waals surface area contributed by atoms with E-state index in [2.05, 4.69) is 10.2 Å². The molecule has 76 valence electrons. The number of fused-ring (bicyclic) bond motifs is 1. The van der Waals surface area contributed by atoms with Crippen molar-refractivity contribution in [1.29, 1.82) is 0 Å². The lowest BCUT2D eigenvalue weighted by atomic mass is 10.1. The molecule has 2 heterocycles. The van der Waals surface area contributed by atoms with Crippen LogP contribution in [0.5, 0.6) is 0 Å². The van der Waals surface area contributed by atoms with Crippen molar-refractivity contribution in [3.8, 4) is 0 Å². The van der Waals surface area contributed by atoms with Crippen molar-refractivity contribution >= 4 is 5.97 Å². The first-order valence-corrected chi connectivity index (χ1v) is 4.62. The Labute approximate surface area is 81.1 Å². The molecule has 5 nitrogen and oxygen atoms in total. The van der Waals surface area contributed by atoms with E-state index < -0.39 is 5.97 Å². The van der Waals surface area contributed by atoms with Crippen molar-refractivity contribution in [1.82, 2.24) is 10.2 Å². The lowest BCUT2D eigenvalue weighted by molar-refractivity contribution is -0.136. The maximum atomic E-state index is 10.4. The fourth-order valence-electron chi connectivity index (χ4n) is 1.64. The molecular weight excluding hydrogens is 184 g/mol. The third-order valence-corrected chi connectivity index (χ3v) is 2.36. The molecule has 0 aromatic carbocycles. The van der Waals surface area contributed by atoms with Crippen LogP contribution in [-0.2, 0) is 29.0 Å². The highest BCUT2D eigenvalue weighted by Gasteiger charge is 2.17. The van der Waals surface area contributed by atoms with E-state index in [9.17, 15) is 4.79 Å². The van der Waals surface area contributed by atoms with Gasteiger partial charge in [0, 0.05) is 12.0 Å². The van der Waals surface area contributed by atoms with Crippen LogP contribution >= 0.6 is 0 Å². The number of aromatic amines is 1. The van der Waals surface area contributed by atoms with E-state index in [0.717, 1.165) is 23.4 Å². The monoisotopic (exact) mass is 196 g/mol. The van der Waals surface area contributed by atoms with Crippen LogP contribution in [0.2, 0.25) is 0 Å². The molecule has 0 atom stereocenters. The van der Waals surface area contributed by atoms with Crippen molar-refractivity contribution in [2.24, 2.45) is 0 Å². The average molecular weight is 196 g/mol. The summed E-state index contributed by atoms with van der Waals surface area (Å²) in [7, 11) is 0. The number of carbonyl (C=O) groups is 1. The predicted octanol–water partition coefficient (Wildman–Crippen LogP) is 0.500. The molecule has 0 fully saturated rings. The minimum Gasteiger partial charge on any atom is -0.481 e. The van der Waals surface area contributed by atoms with Crippen LogP contribution in [-0.4, -0.2) is 27.9 Å². The molecule has 1 aromatic rings. The zero-order chi connectivity index (χ0) is 9.97. The first kappa shape index (κ1) is 9.21. The highest BCUT2D eigenvalue weighted by molar-refractivity contribution is 5.67. The summed E-state index contributed by atoms with van der Waals surface area (Å²) in [5.74, 6) is -0.784. The van der Waals surface area contributed by atoms with Gasteiger partial charge in [-0.3, -0.25) is 9.89 Å². The largest absolute Gasteiger partial charge is 0.481 e. The second kappa shape index (κ2) is 3.79. The Kier molecular flexibility index (Phi) is 2.49. The molecule has 2 N–H and O–H groups in total. The number of aryl methyl sites for hydroxylation is 1. The number of H-pyrrole nitrogens is 1. The van der Waals surface area contributed by atoms with Crippen LogP contribution < -0.4 is 0 Å². The van der Waals surface area contributed by atoms with E-state index in [4.69, 9.17) is 9.84 Å². The molecule has 0 aliphatic carbocycles. The lowest BCUT2D eigenvalue weighted by Gasteiger charge is -2.11. The fourth-order valence-corrected chi connectivity index (χ4v) is 1.64. The van der Waals surface area contributed by atoms with E-state index in [-0.39, 0.29) is 6.42 Å². The molecular formula is C9H12N2O3. The topological polar surface area (TPSA) is 75.2 Å². The number of nitrogens with zero attached hydrogens (tertiary/aromatic N) is 1. The minimum absolute atomic E-state index is 0.137. The Hall–Kier alpha value is -1.36. The number of nitrogens with one attached hydrogen (secondary N) is 1. The molecule has 0 saturated carbocycles. The number of aromatic nitrogens is 2. The Morgan fingerprint density at radius 3 is 3.29 bits per heavy atom. The summed E-state index contributed by atoms with van der Waals surface area (Å²) in [4.78, 5) is 10.4. The fraction of sp³-hybridized carbons (Fsp3) is 0.556. The standard InChI is InChI=1S/C9H12N2O3/c12-9(13)2-1-7-6-3-4-14-5-8(6)11-10-7/h1-5H2,(H,10,11)(H,12,13). The number of hydrogen-bond acceptors (Lipinski definition) is 3. The van der Waals surface area contributed by atoms with Gasteiger partial charge in [0.15, 0.2) is 0 Å². The summed E-state index contributed by atoms with van der Waals surface area (Å²) >= 11 is 0. The quantitative estimate of drug-likeness (QED) is 0.738. The molecule has 0 bridgehead atoms. The molecule has 1 aromatic heterocycles. The summed E-state index contributed by atoms with van der Waals surface area (Å²) in [6, 6.07) is 0. The Morgan fingerprint density at radius 1 is 1.64 bits per heavy atom. The second-order valence-corrected chi connectivity index (χ2v) is 3.32. The summed E-state index contributed by atoms with van der Waals surface area (Å²) in [5.41, 5.74) is 3.03. The van der Waals surface area contributed by atoms with Gasteiger partial charge in [0.1, 0.15) is 0 Å². The minimum atomic E-state index is -0.784. The van der Waals surface area contributed by atoms with Gasteiger partial charge >= 0.3 is 5.97 Å². The van der Waals surface area contributed by atoms with Crippen LogP contribution in [0.25, 0.3) is 0 Å². The van der Waals surface area contributed by atoms with Gasteiger partial charge in [0.25, 0.3) is 0 Å². The Bertz CT molecular complexity index is 346. The highest BCUT2D eigenvalue weighted by Crippen LogP contribution is 2.18. The summed E-state index contributed by atoms with van der Waals surface area (Å²) in [6.45, 7) is 1.27. The van der Waals surface area contributed by atoms with Crippen molar-refractivity contribution in [2.75, 3.05) is 6.61 Å². The normalized spacial score (nSPS) is 15.1. The molecule has 0 spiro atoms. The maximum Gasteiger partial charge on any atom is 0.303 e. The van der Waals surface area contributed by atoms with E-state index in [1.54, 1.807) is 0 Å². The predicted molar refractivity (Wildman–Crippen MR) is 47.9 cm³/mol. The van der Waals surface area contributed by atoms with Crippen LogP contribution in [0.1, 0.15) is 23.4 Å². The van der Waals surface area contributed by atoms with Crippen molar-refractivity contribution in [2.45, 2.75) is 25.9 Å². The summed E-state index contributed by atoms with van der Waals surface area (Å²) in [5, 5.41) is 15.5. The Balaban J connectivity index is 2.10. The number of hydrogen-bond donors (Lipinski definition) is 2. The van der Waals surface area contributed by atoms with Gasteiger partial charge in [-0.1, -0.05) is 0 Å². The SMILES string of the molecule is O=C(O)CCc1n[nH]c2c1CCOC2. The molecule has 0 radical (unpaired) electrons. The Morgan fingerprint density at radius 2 is 2.50 bits per heavy atom. The average Bonchev–Trinajstić information content (AvgIpc) is 2.58. The van der Waals surface area contributed by atoms with Crippen LogP contribution in [0.15, 0.2) is 0 Å². The number of aliphatic carboxylic acids is 1. The molecule has 5 heteroatoms. The van der Waals surface area contributed by atoms with Gasteiger partial charge in [-0.25, -0.2) is 0 Å². The smallest absolute Gasteiger partial charge is 0.303 e. The molecule has 0 unspecified atom stereocenters. The van der Waals surface area contributed by atoms with Gasteiger partial charge in [-0.15, -0.1) is 0 Å². The zero-order valence-electron chi connectivity index (χ0n) is 7.75. The van der Waals surface area contributed by atoms with E-state index >= 15 is 0 Å². The number of ether oxygens (including phenoxy) is 1. The van der Waals surface area contributed by atoms with Crippen LogP contribution in [0.3, 0.4) is 0 Å². The molecule has 14 heavy (non-hydrogen) atoms. The molecule has 1 aliphatic rings. The second-order valence-electron chi connectivity index (χ2n) is 3.32. The molecule has 0 saturated heterocycles. The van der Waals surface area contributed by atoms with Gasteiger partial charge in [0.2, 0.25) is 0 Å². The van der Waals surface area contributed by atoms with E-state index in [1.807, 2.05) is 0 Å². The lowest BCUT2D eigenvalue weighted by Crippen LogP contribution is -2.10. The van der Waals surface area contributed by atoms with Gasteiger partial charge < -0.3 is 9.84 Å². The molecule has 1 aliphatic heterocycles. The zero-order valence-corrected chi connectivity index (χ0v) is 7.75. The molecule has 2 rings (SSSR count). The number of carboxylic acid groups (broad SMARTS) is 1. The third kappa shape index (κ3) is 1.77. The third-order valence-electron chi connectivity index (χ3n) is 2.36. The van der Waals surface area contributed by atoms with Gasteiger partial charge in [-0.2, -0.15) is 5.10 Å². The van der Waals surface area contributed by atoms with E-state index in [1.165, 1.54) is 0 Å². The van der Waals surface area contributed by atoms with E-state index in [0.29, 0.717) is 19.6 Å². The maximum absolute atomic E-state index is 10.4. The summed E-state index contributed by atoms with van der Waals surface area (Å²) in [6.07, 6.45) is 1.47. The van der Waals surface area contributed by atoms with Crippen LogP contribution in [0.4, 0.5) is 0 Å². The summed E-state index contributed by atoms with van der Waals surface area (Å²) < 4.78 is 5.25. The van der Waals surface area contributed by atoms with Crippen molar-refractivity contribution < 1.29 is 14.6 Å². The first-order chi connectivity index (χ1) is 6.77. The van der Waals surface area contributed by atoms with Crippen molar-refractivity contribution in [3.05, 3.63) is 17.0 Å². The number of rotatable bonds is 3. The number of carboxylic acids is 1. The van der Waals surface area contributed by atoms with Crippen LogP contribution in [0, 0.1) is 0 Å². The van der Waals surface area contributed by atoms with Gasteiger partial charge in [-0.05, 0) is 6.42 Å².